The molecular weight excluding hydrogens is 617 g/mol. The van der Waals surface area contributed by atoms with E-state index >= 15 is 0 Å². The molecule has 10 rings (SSSR count). The van der Waals surface area contributed by atoms with Crippen LogP contribution in [0.2, 0.25) is 0 Å². The van der Waals surface area contributed by atoms with Gasteiger partial charge in [0.25, 0.3) is 0 Å². The van der Waals surface area contributed by atoms with Gasteiger partial charge in [0.05, 0.1) is 16.6 Å². The summed E-state index contributed by atoms with van der Waals surface area (Å²) in [5.41, 5.74) is 16.1. The van der Waals surface area contributed by atoms with Crippen molar-refractivity contribution in [3.05, 3.63) is 187 Å². The quantitative estimate of drug-likeness (QED) is 0.175. The SMILES string of the molecule is CC1CC=Cc2c1c1ccccc1n2-c1ccc(-c2cccc(-c3cccc(-c4ccc(-n5c6ccccc6c6ccccc65)cc4)c3)c2)cc1. The Kier molecular flexibility index (Phi) is 6.89. The Morgan fingerprint density at radius 2 is 0.843 bits per heavy atom. The zero-order valence-corrected chi connectivity index (χ0v) is 28.5. The molecule has 2 aromatic heterocycles. The first-order valence-corrected chi connectivity index (χ1v) is 17.9. The number of fused-ring (bicyclic) bond motifs is 6. The van der Waals surface area contributed by atoms with E-state index in [1.54, 1.807) is 0 Å². The van der Waals surface area contributed by atoms with Gasteiger partial charge in [-0.15, -0.1) is 0 Å². The second-order valence-electron chi connectivity index (χ2n) is 13.8. The van der Waals surface area contributed by atoms with Gasteiger partial charge in [0.1, 0.15) is 0 Å². The van der Waals surface area contributed by atoms with Gasteiger partial charge in [0.15, 0.2) is 0 Å². The van der Waals surface area contributed by atoms with E-state index < -0.39 is 0 Å². The first-order valence-electron chi connectivity index (χ1n) is 17.9. The van der Waals surface area contributed by atoms with Crippen molar-refractivity contribution in [3.8, 4) is 44.8 Å². The third-order valence-electron chi connectivity index (χ3n) is 10.8. The molecule has 0 spiro atoms. The van der Waals surface area contributed by atoms with Crippen LogP contribution in [0.3, 0.4) is 0 Å². The molecule has 0 saturated heterocycles. The Balaban J connectivity index is 0.956. The molecule has 0 fully saturated rings. The van der Waals surface area contributed by atoms with Crippen molar-refractivity contribution in [1.29, 1.82) is 0 Å². The van der Waals surface area contributed by atoms with E-state index in [1.165, 1.54) is 88.7 Å². The molecule has 1 unspecified atom stereocenters. The number of hydrogen-bond acceptors (Lipinski definition) is 0. The van der Waals surface area contributed by atoms with Crippen molar-refractivity contribution in [2.45, 2.75) is 19.3 Å². The number of rotatable bonds is 5. The van der Waals surface area contributed by atoms with Crippen LogP contribution in [0.4, 0.5) is 0 Å². The molecule has 0 amide bonds. The van der Waals surface area contributed by atoms with E-state index in [4.69, 9.17) is 0 Å². The number of benzene rings is 7. The van der Waals surface area contributed by atoms with Crippen LogP contribution in [0.5, 0.6) is 0 Å². The van der Waals surface area contributed by atoms with Crippen LogP contribution in [0, 0.1) is 0 Å². The highest BCUT2D eigenvalue weighted by Crippen LogP contribution is 2.40. The minimum atomic E-state index is 0.516. The molecule has 0 radical (unpaired) electrons. The lowest BCUT2D eigenvalue weighted by atomic mass is 9.91. The van der Waals surface area contributed by atoms with Crippen LogP contribution in [0.25, 0.3) is 83.5 Å². The summed E-state index contributed by atoms with van der Waals surface area (Å²) < 4.78 is 4.80. The summed E-state index contributed by atoms with van der Waals surface area (Å²) in [6, 6.07) is 62.1. The van der Waals surface area contributed by atoms with Gasteiger partial charge in [0.2, 0.25) is 0 Å². The molecule has 1 atom stereocenters. The molecule has 7 aromatic carbocycles. The lowest BCUT2D eigenvalue weighted by molar-refractivity contribution is 0.773. The normalized spacial score (nSPS) is 14.0. The number of nitrogens with zero attached hydrogens (tertiary/aromatic N) is 2. The third kappa shape index (κ3) is 4.87. The van der Waals surface area contributed by atoms with Gasteiger partial charge < -0.3 is 9.13 Å². The van der Waals surface area contributed by atoms with Crippen molar-refractivity contribution < 1.29 is 0 Å². The van der Waals surface area contributed by atoms with Crippen molar-refractivity contribution >= 4 is 38.8 Å². The zero-order chi connectivity index (χ0) is 33.9. The first-order chi connectivity index (χ1) is 25.2. The maximum Gasteiger partial charge on any atom is 0.0541 e. The highest BCUT2D eigenvalue weighted by atomic mass is 15.0. The van der Waals surface area contributed by atoms with E-state index in [0.717, 1.165) is 6.42 Å². The Hall–Kier alpha value is -6.38. The highest BCUT2D eigenvalue weighted by Gasteiger charge is 2.22. The summed E-state index contributed by atoms with van der Waals surface area (Å²) in [5, 5.41) is 3.92. The summed E-state index contributed by atoms with van der Waals surface area (Å²) in [6.45, 7) is 2.34. The topological polar surface area (TPSA) is 9.86 Å². The van der Waals surface area contributed by atoms with E-state index in [9.17, 15) is 0 Å². The molecular formula is C49H36N2. The predicted molar refractivity (Wildman–Crippen MR) is 216 cm³/mol. The lowest BCUT2D eigenvalue weighted by Gasteiger charge is -2.17. The average Bonchev–Trinajstić information content (AvgIpc) is 3.72. The highest BCUT2D eigenvalue weighted by molar-refractivity contribution is 6.09. The first kappa shape index (κ1) is 29.5. The van der Waals surface area contributed by atoms with Gasteiger partial charge in [-0.25, -0.2) is 0 Å². The maximum atomic E-state index is 2.43. The Morgan fingerprint density at radius 1 is 0.412 bits per heavy atom. The molecule has 9 aromatic rings. The van der Waals surface area contributed by atoms with Crippen molar-refractivity contribution in [1.82, 2.24) is 9.13 Å². The van der Waals surface area contributed by atoms with E-state index in [2.05, 4.69) is 198 Å². The molecule has 2 heterocycles. The van der Waals surface area contributed by atoms with Crippen LogP contribution < -0.4 is 0 Å². The van der Waals surface area contributed by atoms with Crippen LogP contribution in [-0.2, 0) is 0 Å². The Labute approximate surface area is 298 Å². The van der Waals surface area contributed by atoms with E-state index in [1.807, 2.05) is 0 Å². The number of para-hydroxylation sites is 3. The fourth-order valence-corrected chi connectivity index (χ4v) is 8.31. The fourth-order valence-electron chi connectivity index (χ4n) is 8.31. The predicted octanol–water partition coefficient (Wildman–Crippen LogP) is 13.2. The van der Waals surface area contributed by atoms with Crippen molar-refractivity contribution in [2.75, 3.05) is 0 Å². The van der Waals surface area contributed by atoms with Gasteiger partial charge in [-0.1, -0.05) is 128 Å². The monoisotopic (exact) mass is 652 g/mol. The van der Waals surface area contributed by atoms with Crippen molar-refractivity contribution in [2.24, 2.45) is 0 Å². The van der Waals surface area contributed by atoms with Crippen molar-refractivity contribution in [3.63, 3.8) is 0 Å². The molecule has 51 heavy (non-hydrogen) atoms. The standard InChI is InChI=1S/C49H36N2/c1-33-11-8-22-48-49(33)44-18-4-7-21-47(44)51(48)41-29-25-35(26-30-41)37-13-10-15-39(32-37)38-14-9-12-36(31-38)34-23-27-40(28-24-34)50-45-19-5-2-16-42(45)43-17-3-6-20-46(43)50/h2-10,12-33H,11H2,1H3. The molecule has 0 saturated carbocycles. The lowest BCUT2D eigenvalue weighted by Crippen LogP contribution is -2.02. The van der Waals surface area contributed by atoms with Gasteiger partial charge in [0, 0.05) is 33.2 Å². The van der Waals surface area contributed by atoms with E-state index in [-0.39, 0.29) is 0 Å². The molecule has 0 N–H and O–H groups in total. The number of aromatic nitrogens is 2. The molecule has 2 nitrogen and oxygen atoms in total. The summed E-state index contributed by atoms with van der Waals surface area (Å²) in [4.78, 5) is 0. The maximum absolute atomic E-state index is 2.43. The smallest absolute Gasteiger partial charge is 0.0541 e. The van der Waals surface area contributed by atoms with E-state index in [0.29, 0.717) is 5.92 Å². The zero-order valence-electron chi connectivity index (χ0n) is 28.5. The molecule has 0 bridgehead atoms. The fraction of sp³-hybridized carbons (Fsp3) is 0.0612. The molecule has 1 aliphatic carbocycles. The summed E-state index contributed by atoms with van der Waals surface area (Å²) in [5.74, 6) is 0.516. The number of allylic oxidation sites excluding steroid dienone is 1. The average molecular weight is 653 g/mol. The Morgan fingerprint density at radius 3 is 1.37 bits per heavy atom. The van der Waals surface area contributed by atoms with Crippen LogP contribution in [-0.4, -0.2) is 9.13 Å². The molecule has 1 aliphatic rings. The largest absolute Gasteiger partial charge is 0.310 e. The van der Waals surface area contributed by atoms with Gasteiger partial charge >= 0.3 is 0 Å². The second-order valence-corrected chi connectivity index (χ2v) is 13.8. The number of hydrogen-bond donors (Lipinski definition) is 0. The summed E-state index contributed by atoms with van der Waals surface area (Å²) in [7, 11) is 0. The van der Waals surface area contributed by atoms with Gasteiger partial charge in [-0.2, -0.15) is 0 Å². The van der Waals surface area contributed by atoms with Gasteiger partial charge in [-0.3, -0.25) is 0 Å². The minimum Gasteiger partial charge on any atom is -0.310 e. The summed E-state index contributed by atoms with van der Waals surface area (Å²) in [6.07, 6.45) is 5.72. The molecule has 242 valence electrons. The van der Waals surface area contributed by atoms with Gasteiger partial charge in [-0.05, 0) is 112 Å². The summed E-state index contributed by atoms with van der Waals surface area (Å²) >= 11 is 0. The van der Waals surface area contributed by atoms with Crippen LogP contribution >= 0.6 is 0 Å². The Bertz CT molecular complexity index is 2720. The van der Waals surface area contributed by atoms with Crippen LogP contribution in [0.15, 0.2) is 176 Å². The molecule has 0 aliphatic heterocycles. The third-order valence-corrected chi connectivity index (χ3v) is 10.8. The van der Waals surface area contributed by atoms with Crippen LogP contribution in [0.1, 0.15) is 30.5 Å². The molecule has 2 heteroatoms. The minimum absolute atomic E-state index is 0.516. The second kappa shape index (κ2) is 11.9.